The van der Waals surface area contributed by atoms with E-state index in [-0.39, 0.29) is 11.3 Å². The molecule has 0 aliphatic carbocycles. The molecule has 0 bridgehead atoms. The van der Waals surface area contributed by atoms with Crippen LogP contribution in [0, 0.1) is 11.6 Å². The van der Waals surface area contributed by atoms with Crippen molar-refractivity contribution in [1.82, 2.24) is 4.98 Å². The average Bonchev–Trinajstić information content (AvgIpc) is 3.05. The third kappa shape index (κ3) is 3.04. The molecular formula is C20H11F2NO3. The van der Waals surface area contributed by atoms with E-state index in [1.54, 1.807) is 6.07 Å². The number of hydrogen-bond donors (Lipinski definition) is 0. The molecule has 3 aromatic carbocycles. The molecule has 0 unspecified atom stereocenters. The fraction of sp³-hybridized carbons (Fsp3) is 0. The molecule has 0 saturated carbocycles. The second kappa shape index (κ2) is 6.40. The summed E-state index contributed by atoms with van der Waals surface area (Å²) in [5.41, 5.74) is 1.48. The number of nitrogens with zero attached hydrogens (tertiary/aromatic N) is 1. The number of fused-ring (bicyclic) bond motifs is 1. The Hall–Kier alpha value is -3.54. The number of rotatable bonds is 3. The van der Waals surface area contributed by atoms with E-state index >= 15 is 0 Å². The van der Waals surface area contributed by atoms with Gasteiger partial charge in [0.2, 0.25) is 5.89 Å². The van der Waals surface area contributed by atoms with Gasteiger partial charge in [0.05, 0.1) is 5.56 Å². The number of benzene rings is 3. The lowest BCUT2D eigenvalue weighted by atomic mass is 10.2. The number of oxazole rings is 1. The van der Waals surface area contributed by atoms with Crippen LogP contribution in [-0.4, -0.2) is 11.0 Å². The first-order valence-electron chi connectivity index (χ1n) is 7.73. The predicted octanol–water partition coefficient (Wildman–Crippen LogP) is 4.99. The summed E-state index contributed by atoms with van der Waals surface area (Å²) in [6, 6.07) is 16.7. The molecule has 0 N–H and O–H groups in total. The standard InChI is InChI=1S/C20H11F2NO3/c21-13-6-8-15(16(22)10-13)20(24)25-14-7-9-17-18(11-14)26-19(23-17)12-4-2-1-3-5-12/h1-11H. The molecule has 0 atom stereocenters. The highest BCUT2D eigenvalue weighted by molar-refractivity contribution is 5.91. The second-order valence-corrected chi connectivity index (χ2v) is 5.53. The first kappa shape index (κ1) is 16.0. The molecule has 0 radical (unpaired) electrons. The number of ether oxygens (including phenoxy) is 1. The summed E-state index contributed by atoms with van der Waals surface area (Å²) < 4.78 is 37.5. The SMILES string of the molecule is O=C(Oc1ccc2nc(-c3ccccc3)oc2c1)c1ccc(F)cc1F. The summed E-state index contributed by atoms with van der Waals surface area (Å²) in [4.78, 5) is 16.5. The molecule has 0 fully saturated rings. The first-order valence-corrected chi connectivity index (χ1v) is 7.73. The Morgan fingerprint density at radius 1 is 0.962 bits per heavy atom. The lowest BCUT2D eigenvalue weighted by Gasteiger charge is -2.05. The second-order valence-electron chi connectivity index (χ2n) is 5.53. The summed E-state index contributed by atoms with van der Waals surface area (Å²) in [7, 11) is 0. The van der Waals surface area contributed by atoms with Gasteiger partial charge in [-0.25, -0.2) is 18.6 Å². The van der Waals surface area contributed by atoms with Gasteiger partial charge in [0, 0.05) is 17.7 Å². The minimum Gasteiger partial charge on any atom is -0.436 e. The zero-order chi connectivity index (χ0) is 18.1. The molecule has 0 amide bonds. The van der Waals surface area contributed by atoms with Crippen molar-refractivity contribution in [3.8, 4) is 17.2 Å². The van der Waals surface area contributed by atoms with Crippen molar-refractivity contribution < 1.29 is 22.7 Å². The van der Waals surface area contributed by atoms with Crippen LogP contribution < -0.4 is 4.74 Å². The Bertz CT molecular complexity index is 1110. The van der Waals surface area contributed by atoms with E-state index in [0.717, 1.165) is 17.7 Å². The number of aromatic nitrogens is 1. The van der Waals surface area contributed by atoms with E-state index in [2.05, 4.69) is 4.98 Å². The topological polar surface area (TPSA) is 52.3 Å². The Balaban J connectivity index is 1.62. The van der Waals surface area contributed by atoms with Crippen molar-refractivity contribution in [2.75, 3.05) is 0 Å². The summed E-state index contributed by atoms with van der Waals surface area (Å²) in [6.45, 7) is 0. The van der Waals surface area contributed by atoms with E-state index in [4.69, 9.17) is 9.15 Å². The molecule has 0 spiro atoms. The fourth-order valence-electron chi connectivity index (χ4n) is 2.49. The van der Waals surface area contributed by atoms with Crippen LogP contribution >= 0.6 is 0 Å². The van der Waals surface area contributed by atoms with Crippen LogP contribution in [0.3, 0.4) is 0 Å². The van der Waals surface area contributed by atoms with E-state index < -0.39 is 17.6 Å². The normalized spacial score (nSPS) is 10.8. The van der Waals surface area contributed by atoms with Crippen molar-refractivity contribution >= 4 is 17.1 Å². The molecule has 1 aromatic heterocycles. The minimum atomic E-state index is -0.984. The molecule has 26 heavy (non-hydrogen) atoms. The third-order valence-electron chi connectivity index (χ3n) is 3.74. The number of hydrogen-bond acceptors (Lipinski definition) is 4. The average molecular weight is 351 g/mol. The highest BCUT2D eigenvalue weighted by atomic mass is 19.1. The van der Waals surface area contributed by atoms with Crippen molar-refractivity contribution in [3.63, 3.8) is 0 Å². The largest absolute Gasteiger partial charge is 0.436 e. The van der Waals surface area contributed by atoms with Gasteiger partial charge in [-0.1, -0.05) is 18.2 Å². The van der Waals surface area contributed by atoms with Crippen LogP contribution in [0.25, 0.3) is 22.6 Å². The van der Waals surface area contributed by atoms with Gasteiger partial charge in [0.15, 0.2) is 5.58 Å². The van der Waals surface area contributed by atoms with Gasteiger partial charge < -0.3 is 9.15 Å². The van der Waals surface area contributed by atoms with E-state index in [0.29, 0.717) is 23.1 Å². The predicted molar refractivity (Wildman–Crippen MR) is 90.8 cm³/mol. The van der Waals surface area contributed by atoms with Gasteiger partial charge in [0.25, 0.3) is 0 Å². The Morgan fingerprint density at radius 3 is 2.54 bits per heavy atom. The third-order valence-corrected chi connectivity index (χ3v) is 3.74. The van der Waals surface area contributed by atoms with E-state index in [1.807, 2.05) is 30.3 Å². The van der Waals surface area contributed by atoms with Gasteiger partial charge in [-0.05, 0) is 36.4 Å². The van der Waals surface area contributed by atoms with Crippen LogP contribution in [-0.2, 0) is 0 Å². The Kier molecular flexibility index (Phi) is 3.93. The molecule has 4 rings (SSSR count). The van der Waals surface area contributed by atoms with Crippen LogP contribution in [0.15, 0.2) is 71.1 Å². The molecule has 1 heterocycles. The quantitative estimate of drug-likeness (QED) is 0.385. The molecule has 0 aliphatic heterocycles. The molecule has 0 aliphatic rings. The van der Waals surface area contributed by atoms with Gasteiger partial charge in [-0.15, -0.1) is 0 Å². The lowest BCUT2D eigenvalue weighted by molar-refractivity contribution is 0.0730. The van der Waals surface area contributed by atoms with Crippen LogP contribution in [0.5, 0.6) is 5.75 Å². The van der Waals surface area contributed by atoms with E-state index in [9.17, 15) is 13.6 Å². The molecule has 4 nitrogen and oxygen atoms in total. The van der Waals surface area contributed by atoms with Crippen molar-refractivity contribution in [2.24, 2.45) is 0 Å². The molecule has 6 heteroatoms. The summed E-state index contributed by atoms with van der Waals surface area (Å²) in [5.74, 6) is -2.07. The highest BCUT2D eigenvalue weighted by Gasteiger charge is 2.16. The molecular weight excluding hydrogens is 340 g/mol. The van der Waals surface area contributed by atoms with Crippen molar-refractivity contribution in [3.05, 3.63) is 83.9 Å². The van der Waals surface area contributed by atoms with Gasteiger partial charge >= 0.3 is 5.97 Å². The summed E-state index contributed by atoms with van der Waals surface area (Å²) in [6.07, 6.45) is 0. The maximum Gasteiger partial charge on any atom is 0.346 e. The maximum absolute atomic E-state index is 13.7. The van der Waals surface area contributed by atoms with Gasteiger partial charge in [0.1, 0.15) is 22.9 Å². The first-order chi connectivity index (χ1) is 12.6. The van der Waals surface area contributed by atoms with Gasteiger partial charge in [-0.2, -0.15) is 0 Å². The minimum absolute atomic E-state index is 0.169. The highest BCUT2D eigenvalue weighted by Crippen LogP contribution is 2.27. The van der Waals surface area contributed by atoms with Crippen LogP contribution in [0.4, 0.5) is 8.78 Å². The van der Waals surface area contributed by atoms with Crippen molar-refractivity contribution in [2.45, 2.75) is 0 Å². The fourth-order valence-corrected chi connectivity index (χ4v) is 2.49. The number of carbonyl (C=O) groups excluding carboxylic acids is 1. The van der Waals surface area contributed by atoms with Crippen molar-refractivity contribution in [1.29, 1.82) is 0 Å². The zero-order valence-corrected chi connectivity index (χ0v) is 13.3. The summed E-state index contributed by atoms with van der Waals surface area (Å²) in [5, 5.41) is 0. The van der Waals surface area contributed by atoms with Gasteiger partial charge in [-0.3, -0.25) is 0 Å². The number of esters is 1. The Labute approximate surface area is 146 Å². The van der Waals surface area contributed by atoms with Crippen LogP contribution in [0.1, 0.15) is 10.4 Å². The smallest absolute Gasteiger partial charge is 0.346 e. The number of halogens is 2. The molecule has 4 aromatic rings. The van der Waals surface area contributed by atoms with E-state index in [1.165, 1.54) is 12.1 Å². The maximum atomic E-state index is 13.7. The molecule has 128 valence electrons. The lowest BCUT2D eigenvalue weighted by Crippen LogP contribution is -2.10. The number of carbonyl (C=O) groups is 1. The molecule has 0 saturated heterocycles. The van der Waals surface area contributed by atoms with Crippen LogP contribution in [0.2, 0.25) is 0 Å². The monoisotopic (exact) mass is 351 g/mol. The summed E-state index contributed by atoms with van der Waals surface area (Å²) >= 11 is 0. The Morgan fingerprint density at radius 2 is 1.77 bits per heavy atom. The zero-order valence-electron chi connectivity index (χ0n) is 13.3.